The van der Waals surface area contributed by atoms with Crippen molar-refractivity contribution in [3.8, 4) is 22.5 Å². The van der Waals surface area contributed by atoms with Crippen LogP contribution in [0.4, 0.5) is 0 Å². The highest BCUT2D eigenvalue weighted by Crippen LogP contribution is 2.32. The van der Waals surface area contributed by atoms with Crippen LogP contribution in [0.5, 0.6) is 0 Å². The van der Waals surface area contributed by atoms with Crippen LogP contribution in [0.1, 0.15) is 0 Å². The largest absolute Gasteiger partial charge is 0.356 e. The average molecular weight is 268 g/mol. The van der Waals surface area contributed by atoms with Gasteiger partial charge in [0.25, 0.3) is 0 Å². The smallest absolute Gasteiger partial charge is 0.174 e. The van der Waals surface area contributed by atoms with Crippen molar-refractivity contribution in [1.29, 1.82) is 0 Å². The highest BCUT2D eigenvalue weighted by atomic mass is 32.2. The summed E-state index contributed by atoms with van der Waals surface area (Å²) in [5.74, 6) is 0.791. The Labute approximate surface area is 115 Å². The molecule has 0 aliphatic heterocycles. The van der Waals surface area contributed by atoms with Gasteiger partial charge in [0.1, 0.15) is 0 Å². The number of benzene rings is 1. The SMILES string of the molecule is CSc1ccc(-c2oncc2-c2ccncc2)cc1. The predicted octanol–water partition coefficient (Wildman–Crippen LogP) is 4.13. The van der Waals surface area contributed by atoms with Crippen LogP contribution in [0.3, 0.4) is 0 Å². The van der Waals surface area contributed by atoms with Crippen molar-refractivity contribution < 1.29 is 4.52 Å². The minimum Gasteiger partial charge on any atom is -0.356 e. The number of rotatable bonds is 3. The molecule has 0 fully saturated rings. The Bertz CT molecular complexity index is 662. The lowest BCUT2D eigenvalue weighted by Gasteiger charge is -2.02. The molecule has 0 saturated heterocycles. The third-order valence-electron chi connectivity index (χ3n) is 2.91. The fourth-order valence-corrected chi connectivity index (χ4v) is 2.34. The molecule has 0 aliphatic rings. The molecule has 3 rings (SSSR count). The first-order valence-electron chi connectivity index (χ1n) is 5.88. The van der Waals surface area contributed by atoms with Gasteiger partial charge in [-0.2, -0.15) is 0 Å². The summed E-state index contributed by atoms with van der Waals surface area (Å²) in [7, 11) is 0. The van der Waals surface area contributed by atoms with Gasteiger partial charge in [-0.3, -0.25) is 4.98 Å². The van der Waals surface area contributed by atoms with Crippen LogP contribution in [0.2, 0.25) is 0 Å². The molecule has 1 aromatic carbocycles. The molecule has 0 N–H and O–H groups in total. The van der Waals surface area contributed by atoms with Crippen molar-refractivity contribution in [2.75, 3.05) is 6.26 Å². The monoisotopic (exact) mass is 268 g/mol. The van der Waals surface area contributed by atoms with Crippen molar-refractivity contribution in [2.24, 2.45) is 0 Å². The molecule has 3 aromatic rings. The van der Waals surface area contributed by atoms with Crippen LogP contribution in [0, 0.1) is 0 Å². The molecule has 4 heteroatoms. The van der Waals surface area contributed by atoms with E-state index in [0.29, 0.717) is 0 Å². The van der Waals surface area contributed by atoms with Crippen LogP contribution in [0.25, 0.3) is 22.5 Å². The fraction of sp³-hybridized carbons (Fsp3) is 0.0667. The molecular formula is C15H12N2OS. The van der Waals surface area contributed by atoms with E-state index in [1.807, 2.05) is 12.1 Å². The molecule has 0 saturated carbocycles. The molecule has 3 nitrogen and oxygen atoms in total. The summed E-state index contributed by atoms with van der Waals surface area (Å²) in [4.78, 5) is 5.26. The minimum atomic E-state index is 0.791. The number of hydrogen-bond acceptors (Lipinski definition) is 4. The van der Waals surface area contributed by atoms with E-state index in [-0.39, 0.29) is 0 Å². The first-order chi connectivity index (χ1) is 9.38. The van der Waals surface area contributed by atoms with Gasteiger partial charge in [0.15, 0.2) is 5.76 Å². The molecule has 94 valence electrons. The molecule has 0 unspecified atom stereocenters. The Hall–Kier alpha value is -2.07. The van der Waals surface area contributed by atoms with Crippen LogP contribution < -0.4 is 0 Å². The van der Waals surface area contributed by atoms with Crippen LogP contribution in [0.15, 0.2) is 64.4 Å². The van der Waals surface area contributed by atoms with Crippen molar-refractivity contribution in [2.45, 2.75) is 4.90 Å². The fourth-order valence-electron chi connectivity index (χ4n) is 1.93. The summed E-state index contributed by atoms with van der Waals surface area (Å²) < 4.78 is 5.40. The van der Waals surface area contributed by atoms with Gasteiger partial charge in [0.2, 0.25) is 0 Å². The average Bonchev–Trinajstić information content (AvgIpc) is 2.98. The van der Waals surface area contributed by atoms with E-state index >= 15 is 0 Å². The molecule has 0 atom stereocenters. The van der Waals surface area contributed by atoms with Crippen molar-refractivity contribution in [3.05, 3.63) is 55.0 Å². The van der Waals surface area contributed by atoms with Crippen molar-refractivity contribution in [1.82, 2.24) is 10.1 Å². The number of nitrogens with zero attached hydrogens (tertiary/aromatic N) is 2. The highest BCUT2D eigenvalue weighted by molar-refractivity contribution is 7.98. The Balaban J connectivity index is 2.04. The summed E-state index contributed by atoms with van der Waals surface area (Å²) in [5.41, 5.74) is 3.07. The zero-order chi connectivity index (χ0) is 13.1. The number of thioether (sulfide) groups is 1. The third-order valence-corrected chi connectivity index (χ3v) is 3.66. The Kier molecular flexibility index (Phi) is 3.33. The zero-order valence-electron chi connectivity index (χ0n) is 10.4. The summed E-state index contributed by atoms with van der Waals surface area (Å²) in [6.07, 6.45) is 7.34. The quantitative estimate of drug-likeness (QED) is 0.670. The van der Waals surface area contributed by atoms with Gasteiger partial charge in [-0.05, 0) is 48.2 Å². The topological polar surface area (TPSA) is 38.9 Å². The lowest BCUT2D eigenvalue weighted by molar-refractivity contribution is 0.432. The molecule has 0 amide bonds. The van der Waals surface area contributed by atoms with Crippen molar-refractivity contribution in [3.63, 3.8) is 0 Å². The Morgan fingerprint density at radius 1 is 0.947 bits per heavy atom. The maximum Gasteiger partial charge on any atom is 0.174 e. The first-order valence-corrected chi connectivity index (χ1v) is 7.10. The highest BCUT2D eigenvalue weighted by Gasteiger charge is 2.12. The van der Waals surface area contributed by atoms with Gasteiger partial charge in [-0.15, -0.1) is 11.8 Å². The van der Waals surface area contributed by atoms with E-state index in [0.717, 1.165) is 22.5 Å². The van der Waals surface area contributed by atoms with Gasteiger partial charge >= 0.3 is 0 Å². The van der Waals surface area contributed by atoms with E-state index < -0.39 is 0 Å². The second kappa shape index (κ2) is 5.28. The van der Waals surface area contributed by atoms with Crippen LogP contribution in [-0.2, 0) is 0 Å². The molecule has 19 heavy (non-hydrogen) atoms. The molecule has 0 spiro atoms. The van der Waals surface area contributed by atoms with E-state index in [1.165, 1.54) is 4.90 Å². The summed E-state index contributed by atoms with van der Waals surface area (Å²) in [6, 6.07) is 12.2. The van der Waals surface area contributed by atoms with E-state index in [9.17, 15) is 0 Å². The molecule has 2 heterocycles. The van der Waals surface area contributed by atoms with Gasteiger partial charge in [-0.25, -0.2) is 0 Å². The first kappa shape index (κ1) is 12.0. The van der Waals surface area contributed by atoms with E-state index in [1.54, 1.807) is 30.4 Å². The Morgan fingerprint density at radius 3 is 2.37 bits per heavy atom. The maximum absolute atomic E-state index is 5.40. The normalized spacial score (nSPS) is 10.6. The standard InChI is InChI=1S/C15H12N2OS/c1-19-13-4-2-12(3-5-13)15-14(10-17-18-15)11-6-8-16-9-7-11/h2-10H,1H3. The number of pyridine rings is 1. The van der Waals surface area contributed by atoms with E-state index in [2.05, 4.69) is 40.7 Å². The van der Waals surface area contributed by atoms with Crippen molar-refractivity contribution >= 4 is 11.8 Å². The molecule has 0 aliphatic carbocycles. The number of aromatic nitrogens is 2. The van der Waals surface area contributed by atoms with Gasteiger partial charge in [-0.1, -0.05) is 5.16 Å². The van der Waals surface area contributed by atoms with Gasteiger partial charge < -0.3 is 4.52 Å². The Morgan fingerprint density at radius 2 is 1.68 bits per heavy atom. The third kappa shape index (κ3) is 2.39. The van der Waals surface area contributed by atoms with Gasteiger partial charge in [0, 0.05) is 28.4 Å². The van der Waals surface area contributed by atoms with Crippen LogP contribution in [-0.4, -0.2) is 16.4 Å². The maximum atomic E-state index is 5.40. The van der Waals surface area contributed by atoms with Gasteiger partial charge in [0.05, 0.1) is 6.20 Å². The molecule has 0 bridgehead atoms. The second-order valence-corrected chi connectivity index (χ2v) is 4.91. The lowest BCUT2D eigenvalue weighted by atomic mass is 10.0. The molecule has 0 radical (unpaired) electrons. The summed E-state index contributed by atoms with van der Waals surface area (Å²) >= 11 is 1.72. The van der Waals surface area contributed by atoms with E-state index in [4.69, 9.17) is 4.52 Å². The molecular weight excluding hydrogens is 256 g/mol. The minimum absolute atomic E-state index is 0.791. The lowest BCUT2D eigenvalue weighted by Crippen LogP contribution is -1.81. The predicted molar refractivity (Wildman–Crippen MR) is 77.0 cm³/mol. The second-order valence-electron chi connectivity index (χ2n) is 4.03. The van der Waals surface area contributed by atoms with Crippen LogP contribution >= 0.6 is 11.8 Å². The summed E-state index contributed by atoms with van der Waals surface area (Å²) in [6.45, 7) is 0. The summed E-state index contributed by atoms with van der Waals surface area (Å²) in [5, 5.41) is 3.92. The number of hydrogen-bond donors (Lipinski definition) is 0. The molecule has 2 aromatic heterocycles. The zero-order valence-corrected chi connectivity index (χ0v) is 11.2.